The van der Waals surface area contributed by atoms with Gasteiger partial charge in [-0.25, -0.2) is 14.8 Å². The zero-order chi connectivity index (χ0) is 39.9. The molecular weight excluding hydrogens is 777 g/mol. The number of hydrogen-bond acceptors (Lipinski definition) is 15. The van der Waals surface area contributed by atoms with E-state index in [0.717, 1.165) is 53.2 Å². The number of phenols is 1. The van der Waals surface area contributed by atoms with Gasteiger partial charge in [-0.05, 0) is 75.8 Å². The number of aromatic hydroxyl groups is 1. The number of aromatic nitrogens is 2. The first-order valence-electron chi connectivity index (χ1n) is 19.9. The molecule has 5 N–H and O–H groups in total. The van der Waals surface area contributed by atoms with E-state index in [2.05, 4.69) is 28.2 Å². The number of allylic oxidation sites excluding steroid dienone is 1. The van der Waals surface area contributed by atoms with Crippen LogP contribution in [0.5, 0.6) is 11.5 Å². The molecule has 0 amide bonds. The lowest BCUT2D eigenvalue weighted by Crippen LogP contribution is -2.54. The maximum absolute atomic E-state index is 14.4. The summed E-state index contributed by atoms with van der Waals surface area (Å²) in [6.07, 6.45) is 9.14. The fraction of sp³-hybridized carbons (Fsp3) is 0.419. The van der Waals surface area contributed by atoms with Gasteiger partial charge in [0, 0.05) is 77.2 Å². The Labute approximate surface area is 342 Å². The number of nitrogen functional groups attached to an aromatic ring is 2. The Hall–Kier alpha value is -4.99. The molecule has 10 rings (SSSR count). The molecule has 0 radical (unpaired) electrons. The number of pyridine rings is 2. The van der Waals surface area contributed by atoms with Gasteiger partial charge in [0.05, 0.1) is 29.7 Å². The minimum atomic E-state index is -1.08. The van der Waals surface area contributed by atoms with Crippen LogP contribution in [0.4, 0.5) is 11.6 Å². The molecule has 4 bridgehead atoms. The molecule has 1 spiro atoms. The van der Waals surface area contributed by atoms with Gasteiger partial charge in [-0.2, -0.15) is 0 Å². The number of fused-ring (bicyclic) bond motifs is 9. The molecule has 1 aromatic carbocycles. The number of aliphatic imine (C=N–C) groups is 1. The molecule has 6 aliphatic heterocycles. The van der Waals surface area contributed by atoms with Gasteiger partial charge < -0.3 is 40.1 Å². The maximum atomic E-state index is 14.4. The summed E-state index contributed by atoms with van der Waals surface area (Å²) in [5, 5.41) is 11.9. The van der Waals surface area contributed by atoms with E-state index in [1.54, 1.807) is 34.6 Å². The molecule has 0 saturated carbocycles. The number of aryl methyl sites for hydroxylation is 2. The Kier molecular flexibility index (Phi) is 9.06. The second-order valence-corrected chi connectivity index (χ2v) is 19.0. The van der Waals surface area contributed by atoms with Crippen LogP contribution in [0.2, 0.25) is 0 Å². The lowest BCUT2D eigenvalue weighted by molar-refractivity contribution is -0.172. The molecule has 0 aliphatic carbocycles. The molecule has 3 aromatic heterocycles. The van der Waals surface area contributed by atoms with E-state index in [0.29, 0.717) is 78.9 Å². The van der Waals surface area contributed by atoms with Crippen molar-refractivity contribution >= 4 is 56.4 Å². The third kappa shape index (κ3) is 6.42. The van der Waals surface area contributed by atoms with Crippen LogP contribution in [0, 0.1) is 6.92 Å². The predicted molar refractivity (Wildman–Crippen MR) is 225 cm³/mol. The molecule has 6 aliphatic rings. The maximum Gasteiger partial charge on any atom is 0.341 e. The average Bonchev–Trinajstić information content (AvgIpc) is 3.45. The molecule has 5 atom stereocenters. The van der Waals surface area contributed by atoms with Crippen LogP contribution in [0.25, 0.3) is 22.2 Å². The summed E-state index contributed by atoms with van der Waals surface area (Å²) >= 11 is 0. The topological polar surface area (TPSA) is 192 Å². The van der Waals surface area contributed by atoms with Crippen LogP contribution in [0.3, 0.4) is 0 Å². The van der Waals surface area contributed by atoms with E-state index >= 15 is 0 Å². The summed E-state index contributed by atoms with van der Waals surface area (Å²) in [4.78, 5) is 43.9. The Morgan fingerprint density at radius 3 is 2.79 bits per heavy atom. The number of benzene rings is 1. The minimum absolute atomic E-state index is 0.0982. The highest BCUT2D eigenvalue weighted by Gasteiger charge is 2.64. The van der Waals surface area contributed by atoms with Gasteiger partial charge in [-0.3, -0.25) is 9.79 Å². The van der Waals surface area contributed by atoms with E-state index in [4.69, 9.17) is 40.1 Å². The zero-order valence-electron chi connectivity index (χ0n) is 32.3. The number of epoxide rings is 1. The van der Waals surface area contributed by atoms with Crippen LogP contribution >= 0.6 is 21.6 Å². The number of rotatable bonds is 2. The second kappa shape index (κ2) is 14.1. The number of hydrogen-bond donors (Lipinski definition) is 3. The van der Waals surface area contributed by atoms with E-state index in [-0.39, 0.29) is 28.3 Å². The third-order valence-electron chi connectivity index (χ3n) is 12.4. The van der Waals surface area contributed by atoms with Crippen molar-refractivity contribution in [3.8, 4) is 22.8 Å². The predicted octanol–water partition coefficient (Wildman–Crippen LogP) is 6.87. The first-order valence-corrected chi connectivity index (χ1v) is 22.3. The zero-order valence-corrected chi connectivity index (χ0v) is 33.9. The Morgan fingerprint density at radius 2 is 1.93 bits per heavy atom. The normalized spacial score (nSPS) is 27.7. The molecular formula is C43H44N6O7S2. The number of esters is 1. The van der Waals surface area contributed by atoms with Gasteiger partial charge in [0.2, 0.25) is 0 Å². The monoisotopic (exact) mass is 820 g/mol. The summed E-state index contributed by atoms with van der Waals surface area (Å²) in [7, 11) is 3.32. The molecule has 4 aromatic rings. The summed E-state index contributed by atoms with van der Waals surface area (Å²) in [6, 6.07) is 9.09. The van der Waals surface area contributed by atoms with Crippen molar-refractivity contribution in [3.05, 3.63) is 92.2 Å². The lowest BCUT2D eigenvalue weighted by atomic mass is 9.76. The molecule has 13 nitrogen and oxygen atoms in total. The quantitative estimate of drug-likeness (QED) is 0.108. The minimum Gasteiger partial charge on any atom is -0.507 e. The van der Waals surface area contributed by atoms with Crippen LogP contribution in [-0.2, 0) is 33.0 Å². The SMILES string of the molecule is Cc1cc(=O)c2c(O)c3c(cc2o1)O[C@@]1(C)CCSSCc2c(cc(CN4C=C5N=CC=C5C4)nc2N)-c2cc(cc(N)n2)CC[C@H]2O[C@@]24CCCC[C@H]3[C@H]1OC4=O. The number of nitrogens with zero attached hydrogens (tertiary/aromatic N) is 4. The van der Waals surface area contributed by atoms with Crippen molar-refractivity contribution in [3.63, 3.8) is 0 Å². The summed E-state index contributed by atoms with van der Waals surface area (Å²) in [5.41, 5.74) is 18.1. The first-order chi connectivity index (χ1) is 28.0. The van der Waals surface area contributed by atoms with Gasteiger partial charge in [0.15, 0.2) is 11.0 Å². The number of nitrogens with two attached hydrogens (primary N) is 2. The van der Waals surface area contributed by atoms with Crippen molar-refractivity contribution in [1.29, 1.82) is 0 Å². The Morgan fingerprint density at radius 1 is 1.05 bits per heavy atom. The molecule has 15 heteroatoms. The fourth-order valence-electron chi connectivity index (χ4n) is 9.50. The Bertz CT molecular complexity index is 2560. The van der Waals surface area contributed by atoms with E-state index in [1.165, 1.54) is 11.6 Å². The van der Waals surface area contributed by atoms with Crippen LogP contribution in [0.1, 0.15) is 79.5 Å². The summed E-state index contributed by atoms with van der Waals surface area (Å²) in [6.45, 7) is 4.99. The van der Waals surface area contributed by atoms with Crippen molar-refractivity contribution in [2.75, 3.05) is 23.8 Å². The second-order valence-electron chi connectivity index (χ2n) is 16.4. The van der Waals surface area contributed by atoms with Crippen molar-refractivity contribution < 1.29 is 28.5 Å². The summed E-state index contributed by atoms with van der Waals surface area (Å²) < 4.78 is 25.7. The number of carbonyl (C=O) groups excluding carboxylic acids is 1. The van der Waals surface area contributed by atoms with Gasteiger partial charge in [0.1, 0.15) is 51.6 Å². The molecule has 0 unspecified atom stereocenters. The number of ether oxygens (including phenoxy) is 3. The highest BCUT2D eigenvalue weighted by molar-refractivity contribution is 8.76. The van der Waals surface area contributed by atoms with Gasteiger partial charge in [0.25, 0.3) is 0 Å². The highest BCUT2D eigenvalue weighted by Crippen LogP contribution is 2.55. The van der Waals surface area contributed by atoms with Crippen LogP contribution in [-0.4, -0.2) is 67.9 Å². The largest absolute Gasteiger partial charge is 0.507 e. The number of phenolic OH excluding ortho intramolecular Hbond substituents is 1. The smallest absolute Gasteiger partial charge is 0.341 e. The van der Waals surface area contributed by atoms with E-state index in [9.17, 15) is 14.7 Å². The number of carbonyl (C=O) groups is 1. The lowest BCUT2D eigenvalue weighted by Gasteiger charge is -2.46. The molecule has 2 saturated heterocycles. The highest BCUT2D eigenvalue weighted by atomic mass is 33.1. The van der Waals surface area contributed by atoms with E-state index in [1.807, 2.05) is 25.3 Å². The Balaban J connectivity index is 1.01. The van der Waals surface area contributed by atoms with Crippen LogP contribution < -0.4 is 21.6 Å². The van der Waals surface area contributed by atoms with Gasteiger partial charge in [-0.15, -0.1) is 0 Å². The first kappa shape index (κ1) is 37.3. The standard InChI is InChI=1S/C43H44N6O7S2/c1-22-13-31(50)37-32(53-22)17-33-36(38(37)51)26-5-3-4-9-43-34(56-43)7-6-23-14-29(48-35(44)15-23)27-16-25(19-49-18-24-8-11-46-30(24)20-49)47-40(45)28(27)21-58-57-12-10-42(2,55-33)39(26)54-41(43)52/h8,11,13-17,20,26,34,39,51H,3-7,9-10,12,18-19,21H2,1-2H3,(H2,44,48)(H2,45,47)/t26-,34-,39-,42+,43+/m1/s1. The average molecular weight is 821 g/mol. The van der Waals surface area contributed by atoms with Gasteiger partial charge >= 0.3 is 5.97 Å². The van der Waals surface area contributed by atoms with Crippen molar-refractivity contribution in [2.45, 2.75) is 100 Å². The van der Waals surface area contributed by atoms with Crippen LogP contribution in [0.15, 0.2) is 68.1 Å². The van der Waals surface area contributed by atoms with E-state index < -0.39 is 29.2 Å². The molecule has 58 heavy (non-hydrogen) atoms. The van der Waals surface area contributed by atoms with Crippen molar-refractivity contribution in [2.24, 2.45) is 4.99 Å². The number of anilines is 2. The molecule has 300 valence electrons. The molecule has 9 heterocycles. The molecule has 2 fully saturated rings. The van der Waals surface area contributed by atoms with Gasteiger partial charge in [-0.1, -0.05) is 28.0 Å². The third-order valence-corrected chi connectivity index (χ3v) is 14.7. The van der Waals surface area contributed by atoms with Crippen molar-refractivity contribution in [1.82, 2.24) is 14.9 Å². The fourth-order valence-corrected chi connectivity index (χ4v) is 11.8. The summed E-state index contributed by atoms with van der Waals surface area (Å²) in [5.74, 6) is 1.88.